The predicted molar refractivity (Wildman–Crippen MR) is 61.7 cm³/mol. The van der Waals surface area contributed by atoms with Gasteiger partial charge in [0, 0.05) is 5.56 Å². The summed E-state index contributed by atoms with van der Waals surface area (Å²) in [5, 5.41) is 0. The molecule has 0 saturated heterocycles. The number of hydrogen-bond acceptors (Lipinski definition) is 2. The van der Waals surface area contributed by atoms with Crippen LogP contribution in [0.3, 0.4) is 0 Å². The van der Waals surface area contributed by atoms with E-state index in [-0.39, 0.29) is 5.78 Å². The largest absolute Gasteiger partial charge is 0.494 e. The fraction of sp³-hybridized carbons (Fsp3) is 0.462. The summed E-state index contributed by atoms with van der Waals surface area (Å²) in [4.78, 5) is 11.4. The Morgan fingerprint density at radius 3 is 2.53 bits per heavy atom. The summed E-state index contributed by atoms with van der Waals surface area (Å²) < 4.78 is 5.42. The van der Waals surface area contributed by atoms with Crippen LogP contribution in [0.15, 0.2) is 18.2 Å². The van der Waals surface area contributed by atoms with Crippen molar-refractivity contribution in [1.29, 1.82) is 0 Å². The lowest BCUT2D eigenvalue weighted by molar-refractivity contribution is 0.101. The van der Waals surface area contributed by atoms with E-state index >= 15 is 0 Å². The highest BCUT2D eigenvalue weighted by Crippen LogP contribution is 2.25. The van der Waals surface area contributed by atoms with Gasteiger partial charge in [0.2, 0.25) is 0 Å². The summed E-state index contributed by atoms with van der Waals surface area (Å²) in [6, 6.07) is 5.67. The molecule has 0 aliphatic carbocycles. The van der Waals surface area contributed by atoms with E-state index in [9.17, 15) is 4.79 Å². The first-order chi connectivity index (χ1) is 7.06. The molecule has 15 heavy (non-hydrogen) atoms. The average Bonchev–Trinajstić information content (AvgIpc) is 2.17. The molecular formula is C13H18O2. The molecule has 0 heterocycles. The van der Waals surface area contributed by atoms with Crippen LogP contribution < -0.4 is 4.74 Å². The SMILES string of the molecule is CCOc1ccc(C(C)=O)c(C(C)C)c1. The van der Waals surface area contributed by atoms with E-state index in [4.69, 9.17) is 4.74 Å². The zero-order valence-electron chi connectivity index (χ0n) is 9.83. The quantitative estimate of drug-likeness (QED) is 0.706. The third kappa shape index (κ3) is 2.82. The Morgan fingerprint density at radius 2 is 2.07 bits per heavy atom. The molecule has 0 fully saturated rings. The summed E-state index contributed by atoms with van der Waals surface area (Å²) in [5.41, 5.74) is 1.86. The van der Waals surface area contributed by atoms with Gasteiger partial charge in [0.25, 0.3) is 0 Å². The lowest BCUT2D eigenvalue weighted by atomic mass is 9.95. The first-order valence-corrected chi connectivity index (χ1v) is 5.34. The van der Waals surface area contributed by atoms with Gasteiger partial charge in [-0.2, -0.15) is 0 Å². The van der Waals surface area contributed by atoms with Crippen molar-refractivity contribution in [3.8, 4) is 5.75 Å². The lowest BCUT2D eigenvalue weighted by Crippen LogP contribution is -2.02. The molecule has 0 aliphatic rings. The van der Waals surface area contributed by atoms with Gasteiger partial charge in [-0.15, -0.1) is 0 Å². The van der Waals surface area contributed by atoms with E-state index in [1.807, 2.05) is 25.1 Å². The van der Waals surface area contributed by atoms with Crippen LogP contribution in [0, 0.1) is 0 Å². The number of rotatable bonds is 4. The van der Waals surface area contributed by atoms with E-state index < -0.39 is 0 Å². The van der Waals surface area contributed by atoms with Crippen LogP contribution in [-0.2, 0) is 0 Å². The number of Topliss-reactive ketones (excluding diaryl/α,β-unsaturated/α-hetero) is 1. The third-order valence-corrected chi connectivity index (χ3v) is 2.34. The third-order valence-electron chi connectivity index (χ3n) is 2.34. The Bertz CT molecular complexity index is 354. The lowest BCUT2D eigenvalue weighted by Gasteiger charge is -2.12. The second-order valence-electron chi connectivity index (χ2n) is 3.89. The maximum Gasteiger partial charge on any atom is 0.160 e. The second-order valence-corrected chi connectivity index (χ2v) is 3.89. The number of ketones is 1. The Morgan fingerprint density at radius 1 is 1.40 bits per heavy atom. The summed E-state index contributed by atoms with van der Waals surface area (Å²) >= 11 is 0. The van der Waals surface area contributed by atoms with Crippen LogP contribution in [-0.4, -0.2) is 12.4 Å². The summed E-state index contributed by atoms with van der Waals surface area (Å²) in [6.45, 7) is 8.36. The number of carbonyl (C=O) groups is 1. The molecule has 1 aromatic rings. The molecule has 0 aliphatic heterocycles. The minimum atomic E-state index is 0.113. The molecule has 0 aromatic heterocycles. The molecule has 0 unspecified atom stereocenters. The summed E-state index contributed by atoms with van der Waals surface area (Å²) in [6.07, 6.45) is 0. The molecular weight excluding hydrogens is 188 g/mol. The Hall–Kier alpha value is -1.31. The highest BCUT2D eigenvalue weighted by molar-refractivity contribution is 5.95. The molecule has 1 rings (SSSR count). The van der Waals surface area contributed by atoms with Gasteiger partial charge in [0.05, 0.1) is 6.61 Å². The molecule has 0 amide bonds. The second kappa shape index (κ2) is 4.96. The summed E-state index contributed by atoms with van der Waals surface area (Å²) in [7, 11) is 0. The molecule has 0 N–H and O–H groups in total. The van der Waals surface area contributed by atoms with Crippen molar-refractivity contribution in [1.82, 2.24) is 0 Å². The first-order valence-electron chi connectivity index (χ1n) is 5.34. The first kappa shape index (κ1) is 11.8. The van der Waals surface area contributed by atoms with E-state index in [0.29, 0.717) is 12.5 Å². The Balaban J connectivity index is 3.15. The number of ether oxygens (including phenoxy) is 1. The molecule has 0 spiro atoms. The monoisotopic (exact) mass is 206 g/mol. The highest BCUT2D eigenvalue weighted by atomic mass is 16.5. The van der Waals surface area contributed by atoms with Crippen LogP contribution in [0.25, 0.3) is 0 Å². The van der Waals surface area contributed by atoms with Gasteiger partial charge >= 0.3 is 0 Å². The van der Waals surface area contributed by atoms with Crippen molar-refractivity contribution in [2.24, 2.45) is 0 Å². The highest BCUT2D eigenvalue weighted by Gasteiger charge is 2.11. The van der Waals surface area contributed by atoms with Crippen LogP contribution in [0.2, 0.25) is 0 Å². The van der Waals surface area contributed by atoms with Crippen molar-refractivity contribution < 1.29 is 9.53 Å². The number of hydrogen-bond donors (Lipinski definition) is 0. The molecule has 82 valence electrons. The maximum atomic E-state index is 11.4. The number of benzene rings is 1. The maximum absolute atomic E-state index is 11.4. The zero-order valence-corrected chi connectivity index (χ0v) is 9.83. The van der Waals surface area contributed by atoms with Crippen LogP contribution in [0.4, 0.5) is 0 Å². The van der Waals surface area contributed by atoms with Gasteiger partial charge in [0.1, 0.15) is 5.75 Å². The standard InChI is InChI=1S/C13H18O2/c1-5-15-11-6-7-12(10(4)14)13(8-11)9(2)3/h6-9H,5H2,1-4H3. The van der Waals surface area contributed by atoms with Crippen molar-refractivity contribution in [2.75, 3.05) is 6.61 Å². The van der Waals surface area contributed by atoms with Crippen LogP contribution in [0.1, 0.15) is 49.5 Å². The minimum Gasteiger partial charge on any atom is -0.494 e. The van der Waals surface area contributed by atoms with Gasteiger partial charge < -0.3 is 4.74 Å². The van der Waals surface area contributed by atoms with Gasteiger partial charge in [-0.1, -0.05) is 13.8 Å². The molecule has 0 atom stereocenters. The van der Waals surface area contributed by atoms with Crippen molar-refractivity contribution >= 4 is 5.78 Å². The van der Waals surface area contributed by atoms with Gasteiger partial charge in [-0.3, -0.25) is 4.79 Å². The normalized spacial score (nSPS) is 10.5. The molecule has 1 aromatic carbocycles. The fourth-order valence-electron chi connectivity index (χ4n) is 1.60. The van der Waals surface area contributed by atoms with Crippen molar-refractivity contribution in [3.63, 3.8) is 0 Å². The smallest absolute Gasteiger partial charge is 0.160 e. The average molecular weight is 206 g/mol. The molecule has 0 radical (unpaired) electrons. The van der Waals surface area contributed by atoms with E-state index in [0.717, 1.165) is 16.9 Å². The van der Waals surface area contributed by atoms with Crippen LogP contribution in [0.5, 0.6) is 5.75 Å². The van der Waals surface area contributed by atoms with E-state index in [1.165, 1.54) is 0 Å². The molecule has 2 heteroatoms. The molecule has 2 nitrogen and oxygen atoms in total. The fourth-order valence-corrected chi connectivity index (χ4v) is 1.60. The van der Waals surface area contributed by atoms with E-state index in [2.05, 4.69) is 13.8 Å². The van der Waals surface area contributed by atoms with Crippen molar-refractivity contribution in [3.05, 3.63) is 29.3 Å². The predicted octanol–water partition coefficient (Wildman–Crippen LogP) is 3.41. The number of carbonyl (C=O) groups excluding carboxylic acids is 1. The van der Waals surface area contributed by atoms with Gasteiger partial charge in [0.15, 0.2) is 5.78 Å². The topological polar surface area (TPSA) is 26.3 Å². The van der Waals surface area contributed by atoms with Crippen LogP contribution >= 0.6 is 0 Å². The van der Waals surface area contributed by atoms with Gasteiger partial charge in [-0.25, -0.2) is 0 Å². The van der Waals surface area contributed by atoms with Gasteiger partial charge in [-0.05, 0) is 43.5 Å². The van der Waals surface area contributed by atoms with E-state index in [1.54, 1.807) is 6.92 Å². The molecule has 0 saturated carbocycles. The minimum absolute atomic E-state index is 0.113. The summed E-state index contributed by atoms with van der Waals surface area (Å²) in [5.74, 6) is 1.29. The van der Waals surface area contributed by atoms with Crippen molar-refractivity contribution in [2.45, 2.75) is 33.6 Å². The zero-order chi connectivity index (χ0) is 11.4. The Labute approximate surface area is 91.3 Å². The Kier molecular flexibility index (Phi) is 3.89. The molecule has 0 bridgehead atoms.